The fourth-order valence-electron chi connectivity index (χ4n) is 2.09. The topological polar surface area (TPSA) is 70.4 Å². The third kappa shape index (κ3) is 2.40. The van der Waals surface area contributed by atoms with Crippen molar-refractivity contribution in [1.29, 1.82) is 5.26 Å². The molecule has 0 aliphatic carbocycles. The average Bonchev–Trinajstić information content (AvgIpc) is 2.79. The van der Waals surface area contributed by atoms with Crippen molar-refractivity contribution >= 4 is 17.6 Å². The Labute approximate surface area is 109 Å². The van der Waals surface area contributed by atoms with Gasteiger partial charge in [0.15, 0.2) is 0 Å². The minimum Gasteiger partial charge on any atom is -0.469 e. The van der Waals surface area contributed by atoms with Gasteiger partial charge in [-0.25, -0.2) is 4.39 Å². The number of carbonyl (C=O) groups excluding carboxylic acids is 2. The van der Waals surface area contributed by atoms with E-state index in [9.17, 15) is 14.0 Å². The van der Waals surface area contributed by atoms with Gasteiger partial charge in [0.2, 0.25) is 5.91 Å². The van der Waals surface area contributed by atoms with Crippen LogP contribution in [0.25, 0.3) is 0 Å². The maximum atomic E-state index is 13.2. The van der Waals surface area contributed by atoms with Gasteiger partial charge in [0.1, 0.15) is 11.9 Å². The molecule has 0 bridgehead atoms. The molecule has 1 atom stereocenters. The monoisotopic (exact) mass is 262 g/mol. The standard InChI is InChI=1S/C13H11FN2O3/c1-19-13(18)9-4-12(17)16(7-9)11-5-10(14)3-2-8(11)6-15/h2-3,5,9H,4,7H2,1H3. The Morgan fingerprint density at radius 2 is 2.32 bits per heavy atom. The van der Waals surface area contributed by atoms with Crippen LogP contribution in [-0.4, -0.2) is 25.5 Å². The number of hydrogen-bond acceptors (Lipinski definition) is 4. The molecule has 1 aliphatic rings. The van der Waals surface area contributed by atoms with Gasteiger partial charge in [-0.15, -0.1) is 0 Å². The summed E-state index contributed by atoms with van der Waals surface area (Å²) < 4.78 is 17.8. The van der Waals surface area contributed by atoms with Crippen LogP contribution in [0.5, 0.6) is 0 Å². The summed E-state index contributed by atoms with van der Waals surface area (Å²) in [6, 6.07) is 5.48. The van der Waals surface area contributed by atoms with Crippen molar-refractivity contribution in [3.05, 3.63) is 29.6 Å². The van der Waals surface area contributed by atoms with E-state index in [1.54, 1.807) is 0 Å². The predicted molar refractivity (Wildman–Crippen MR) is 63.6 cm³/mol. The van der Waals surface area contributed by atoms with Crippen molar-refractivity contribution in [3.63, 3.8) is 0 Å². The molecule has 0 radical (unpaired) electrons. The zero-order chi connectivity index (χ0) is 14.0. The molecule has 5 nitrogen and oxygen atoms in total. The van der Waals surface area contributed by atoms with Crippen molar-refractivity contribution in [3.8, 4) is 6.07 Å². The molecule has 1 aliphatic heterocycles. The molecule has 19 heavy (non-hydrogen) atoms. The number of ether oxygens (including phenoxy) is 1. The summed E-state index contributed by atoms with van der Waals surface area (Å²) in [5.74, 6) is -1.92. The maximum Gasteiger partial charge on any atom is 0.311 e. The van der Waals surface area contributed by atoms with Crippen molar-refractivity contribution in [1.82, 2.24) is 0 Å². The van der Waals surface area contributed by atoms with Crippen LogP contribution in [0.2, 0.25) is 0 Å². The van der Waals surface area contributed by atoms with Crippen LogP contribution >= 0.6 is 0 Å². The molecule has 1 aromatic carbocycles. The molecule has 1 saturated heterocycles. The van der Waals surface area contributed by atoms with Gasteiger partial charge >= 0.3 is 5.97 Å². The van der Waals surface area contributed by atoms with E-state index in [1.807, 2.05) is 6.07 Å². The van der Waals surface area contributed by atoms with Crippen LogP contribution in [0.15, 0.2) is 18.2 Å². The number of esters is 1. The lowest BCUT2D eigenvalue weighted by Gasteiger charge is -2.17. The molecule has 0 saturated carbocycles. The molecule has 6 heteroatoms. The van der Waals surface area contributed by atoms with E-state index in [2.05, 4.69) is 4.74 Å². The number of methoxy groups -OCH3 is 1. The Morgan fingerprint density at radius 3 is 2.95 bits per heavy atom. The highest BCUT2D eigenvalue weighted by Gasteiger charge is 2.36. The molecule has 0 spiro atoms. The van der Waals surface area contributed by atoms with Crippen LogP contribution in [0.4, 0.5) is 10.1 Å². The Bertz CT molecular complexity index is 580. The molecule has 1 amide bonds. The summed E-state index contributed by atoms with van der Waals surface area (Å²) >= 11 is 0. The lowest BCUT2D eigenvalue weighted by molar-refractivity contribution is -0.145. The number of anilines is 1. The first-order valence-electron chi connectivity index (χ1n) is 5.64. The average molecular weight is 262 g/mol. The van der Waals surface area contributed by atoms with E-state index < -0.39 is 17.7 Å². The SMILES string of the molecule is COC(=O)C1CC(=O)N(c2cc(F)ccc2C#N)C1. The van der Waals surface area contributed by atoms with E-state index in [1.165, 1.54) is 18.1 Å². The predicted octanol–water partition coefficient (Wildman–Crippen LogP) is 1.22. The van der Waals surface area contributed by atoms with Crippen molar-refractivity contribution in [2.45, 2.75) is 6.42 Å². The molecule has 0 aromatic heterocycles. The number of carbonyl (C=O) groups is 2. The van der Waals surface area contributed by atoms with E-state index in [-0.39, 0.29) is 30.1 Å². The second kappa shape index (κ2) is 5.06. The molecule has 1 aromatic rings. The molecule has 2 rings (SSSR count). The lowest BCUT2D eigenvalue weighted by atomic mass is 10.1. The Morgan fingerprint density at radius 1 is 1.58 bits per heavy atom. The van der Waals surface area contributed by atoms with Gasteiger partial charge in [-0.2, -0.15) is 5.26 Å². The highest BCUT2D eigenvalue weighted by Crippen LogP contribution is 2.29. The zero-order valence-corrected chi connectivity index (χ0v) is 10.2. The fraction of sp³-hybridized carbons (Fsp3) is 0.308. The maximum absolute atomic E-state index is 13.2. The molecule has 1 unspecified atom stereocenters. The van der Waals surface area contributed by atoms with Gasteiger partial charge in [0.25, 0.3) is 0 Å². The van der Waals surface area contributed by atoms with Gasteiger partial charge in [-0.1, -0.05) is 0 Å². The second-order valence-corrected chi connectivity index (χ2v) is 4.20. The van der Waals surface area contributed by atoms with Crippen molar-refractivity contribution in [2.75, 3.05) is 18.6 Å². The third-order valence-corrected chi connectivity index (χ3v) is 3.03. The number of amides is 1. The van der Waals surface area contributed by atoms with Crippen LogP contribution in [0.1, 0.15) is 12.0 Å². The summed E-state index contributed by atoms with van der Waals surface area (Å²) in [4.78, 5) is 24.5. The Hall–Kier alpha value is -2.42. The first kappa shape index (κ1) is 13.0. The van der Waals surface area contributed by atoms with Crippen molar-refractivity contribution < 1.29 is 18.7 Å². The Balaban J connectivity index is 2.33. The van der Waals surface area contributed by atoms with E-state index >= 15 is 0 Å². The van der Waals surface area contributed by atoms with E-state index in [0.717, 1.165) is 12.1 Å². The molecule has 98 valence electrons. The van der Waals surface area contributed by atoms with Gasteiger partial charge in [-0.05, 0) is 18.2 Å². The number of nitrogens with zero attached hydrogens (tertiary/aromatic N) is 2. The van der Waals surface area contributed by atoms with Crippen molar-refractivity contribution in [2.24, 2.45) is 5.92 Å². The largest absolute Gasteiger partial charge is 0.469 e. The quantitative estimate of drug-likeness (QED) is 0.751. The van der Waals surface area contributed by atoms with E-state index in [0.29, 0.717) is 0 Å². The van der Waals surface area contributed by atoms with Crippen LogP contribution in [-0.2, 0) is 14.3 Å². The van der Waals surface area contributed by atoms with Gasteiger partial charge in [-0.3, -0.25) is 9.59 Å². The summed E-state index contributed by atoms with van der Waals surface area (Å²) in [6.07, 6.45) is 0.00799. The van der Waals surface area contributed by atoms with Crippen LogP contribution in [0.3, 0.4) is 0 Å². The van der Waals surface area contributed by atoms with Gasteiger partial charge in [0.05, 0.1) is 24.3 Å². The highest BCUT2D eigenvalue weighted by molar-refractivity contribution is 6.00. The number of benzene rings is 1. The molecular weight excluding hydrogens is 251 g/mol. The number of rotatable bonds is 2. The smallest absolute Gasteiger partial charge is 0.311 e. The summed E-state index contributed by atoms with van der Waals surface area (Å²) in [7, 11) is 1.25. The lowest BCUT2D eigenvalue weighted by Crippen LogP contribution is -2.27. The van der Waals surface area contributed by atoms with Gasteiger partial charge < -0.3 is 9.64 Å². The minimum absolute atomic E-state index is 0.00799. The first-order chi connectivity index (χ1) is 9.06. The van der Waals surface area contributed by atoms with Crippen LogP contribution in [0, 0.1) is 23.1 Å². The first-order valence-corrected chi connectivity index (χ1v) is 5.64. The van der Waals surface area contributed by atoms with E-state index in [4.69, 9.17) is 5.26 Å². The minimum atomic E-state index is -0.577. The number of hydrogen-bond donors (Lipinski definition) is 0. The number of nitriles is 1. The Kier molecular flexibility index (Phi) is 3.47. The van der Waals surface area contributed by atoms with Gasteiger partial charge in [0, 0.05) is 13.0 Å². The van der Waals surface area contributed by atoms with Crippen LogP contribution < -0.4 is 4.90 Å². The molecule has 0 N–H and O–H groups in total. The summed E-state index contributed by atoms with van der Waals surface area (Å²) in [5, 5.41) is 8.98. The zero-order valence-electron chi connectivity index (χ0n) is 10.2. The third-order valence-electron chi connectivity index (χ3n) is 3.03. The highest BCUT2D eigenvalue weighted by atomic mass is 19.1. The molecule has 1 heterocycles. The molecular formula is C13H11FN2O3. The fourth-order valence-corrected chi connectivity index (χ4v) is 2.09. The normalized spacial score (nSPS) is 18.3. The summed E-state index contributed by atoms with van der Waals surface area (Å²) in [6.45, 7) is 0.101. The number of halogens is 1. The summed E-state index contributed by atoms with van der Waals surface area (Å²) in [5.41, 5.74) is 0.388. The second-order valence-electron chi connectivity index (χ2n) is 4.20. The molecule has 1 fully saturated rings.